The smallest absolute Gasteiger partial charge is 0.308 e. The van der Waals surface area contributed by atoms with E-state index in [1.807, 2.05) is 30.3 Å². The highest BCUT2D eigenvalue weighted by atomic mass is 16.4. The van der Waals surface area contributed by atoms with Crippen LogP contribution in [0.3, 0.4) is 0 Å². The molecule has 2 aliphatic carbocycles. The summed E-state index contributed by atoms with van der Waals surface area (Å²) in [5.74, 6) is -0.521. The molecule has 0 saturated heterocycles. The summed E-state index contributed by atoms with van der Waals surface area (Å²) in [4.78, 5) is 23.3. The second-order valence-corrected chi connectivity index (χ2v) is 6.02. The van der Waals surface area contributed by atoms with Crippen molar-refractivity contribution in [3.8, 4) is 0 Å². The van der Waals surface area contributed by atoms with Gasteiger partial charge in [-0.1, -0.05) is 18.2 Å². The normalized spacial score (nSPS) is 30.3. The number of carboxylic acids is 1. The Bertz CT molecular complexity index is 532. The van der Waals surface area contributed by atoms with Crippen LogP contribution < -0.4 is 10.6 Å². The van der Waals surface area contributed by atoms with Gasteiger partial charge in [-0.25, -0.2) is 0 Å². The Morgan fingerprint density at radius 1 is 1.14 bits per heavy atom. The Kier molecular flexibility index (Phi) is 3.92. The molecule has 5 nitrogen and oxygen atoms in total. The minimum atomic E-state index is -0.733. The van der Waals surface area contributed by atoms with E-state index in [0.717, 1.165) is 24.9 Å². The largest absolute Gasteiger partial charge is 0.481 e. The second-order valence-electron chi connectivity index (χ2n) is 6.02. The van der Waals surface area contributed by atoms with Gasteiger partial charge in [0.2, 0.25) is 5.91 Å². The fourth-order valence-electron chi connectivity index (χ4n) is 3.88. The van der Waals surface area contributed by atoms with Crippen LogP contribution in [0.15, 0.2) is 30.3 Å². The predicted molar refractivity (Wildman–Crippen MR) is 78.8 cm³/mol. The Morgan fingerprint density at radius 3 is 2.57 bits per heavy atom. The fraction of sp³-hybridized carbons (Fsp3) is 0.500. The third-order valence-electron chi connectivity index (χ3n) is 4.76. The lowest BCUT2D eigenvalue weighted by Crippen LogP contribution is -2.46. The first kappa shape index (κ1) is 14.1. The van der Waals surface area contributed by atoms with Gasteiger partial charge in [-0.3, -0.25) is 9.59 Å². The zero-order chi connectivity index (χ0) is 14.8. The number of hydrogen-bond acceptors (Lipinski definition) is 3. The monoisotopic (exact) mass is 288 g/mol. The average Bonchev–Trinajstić information content (AvgIpc) is 3.06. The molecule has 3 rings (SSSR count). The van der Waals surface area contributed by atoms with Gasteiger partial charge >= 0.3 is 5.97 Å². The molecule has 0 aromatic heterocycles. The van der Waals surface area contributed by atoms with Gasteiger partial charge < -0.3 is 15.7 Å². The van der Waals surface area contributed by atoms with Crippen molar-refractivity contribution in [2.45, 2.75) is 25.3 Å². The van der Waals surface area contributed by atoms with Crippen molar-refractivity contribution in [2.75, 3.05) is 11.9 Å². The average molecular weight is 288 g/mol. The molecule has 1 aromatic carbocycles. The van der Waals surface area contributed by atoms with E-state index in [0.29, 0.717) is 5.92 Å². The van der Waals surface area contributed by atoms with E-state index in [4.69, 9.17) is 0 Å². The van der Waals surface area contributed by atoms with Gasteiger partial charge in [0.1, 0.15) is 0 Å². The number of carbonyl (C=O) groups excluding carboxylic acids is 1. The van der Waals surface area contributed by atoms with Gasteiger partial charge in [0.05, 0.1) is 12.5 Å². The van der Waals surface area contributed by atoms with Gasteiger partial charge in [-0.15, -0.1) is 0 Å². The molecule has 2 bridgehead atoms. The van der Waals surface area contributed by atoms with Gasteiger partial charge in [-0.2, -0.15) is 0 Å². The van der Waals surface area contributed by atoms with Crippen LogP contribution >= 0.6 is 0 Å². The van der Waals surface area contributed by atoms with Crippen LogP contribution in [0.2, 0.25) is 0 Å². The SMILES string of the molecule is O=C(CNC1C2CCC(C2)C1C(=O)O)Nc1ccccc1. The molecule has 4 atom stereocenters. The topological polar surface area (TPSA) is 78.4 Å². The summed E-state index contributed by atoms with van der Waals surface area (Å²) in [7, 11) is 0. The molecule has 3 N–H and O–H groups in total. The highest BCUT2D eigenvalue weighted by Gasteiger charge is 2.50. The van der Waals surface area contributed by atoms with Crippen LogP contribution in [0.4, 0.5) is 5.69 Å². The summed E-state index contributed by atoms with van der Waals surface area (Å²) in [6, 6.07) is 9.20. The van der Waals surface area contributed by atoms with Crippen molar-refractivity contribution in [1.29, 1.82) is 0 Å². The second kappa shape index (κ2) is 5.85. The molecule has 1 aromatic rings. The van der Waals surface area contributed by atoms with Gasteiger partial charge in [-0.05, 0) is 43.2 Å². The molecule has 2 fully saturated rings. The first-order valence-corrected chi connectivity index (χ1v) is 7.46. The molecule has 2 saturated carbocycles. The number of nitrogens with one attached hydrogen (secondary N) is 2. The minimum Gasteiger partial charge on any atom is -0.481 e. The summed E-state index contributed by atoms with van der Waals surface area (Å²) in [6.45, 7) is 0.159. The third kappa shape index (κ3) is 2.93. The number of carbonyl (C=O) groups is 2. The van der Waals surface area contributed by atoms with Crippen molar-refractivity contribution >= 4 is 17.6 Å². The molecule has 112 valence electrons. The maximum absolute atomic E-state index is 11.9. The summed E-state index contributed by atoms with van der Waals surface area (Å²) in [5.41, 5.74) is 0.757. The Morgan fingerprint density at radius 2 is 1.86 bits per heavy atom. The van der Waals surface area contributed by atoms with E-state index in [9.17, 15) is 14.7 Å². The number of benzene rings is 1. The number of carboxylic acid groups (broad SMARTS) is 1. The van der Waals surface area contributed by atoms with Crippen LogP contribution in [-0.4, -0.2) is 29.6 Å². The zero-order valence-electron chi connectivity index (χ0n) is 11.8. The fourth-order valence-corrected chi connectivity index (χ4v) is 3.88. The molecule has 21 heavy (non-hydrogen) atoms. The lowest BCUT2D eigenvalue weighted by molar-refractivity contribution is -0.144. The molecule has 2 aliphatic rings. The van der Waals surface area contributed by atoms with E-state index < -0.39 is 5.97 Å². The maximum atomic E-state index is 11.9. The molecule has 0 aliphatic heterocycles. The number of fused-ring (bicyclic) bond motifs is 2. The highest BCUT2D eigenvalue weighted by molar-refractivity contribution is 5.92. The molecule has 0 radical (unpaired) electrons. The maximum Gasteiger partial charge on any atom is 0.308 e. The number of para-hydroxylation sites is 1. The molecule has 1 amide bonds. The van der Waals surface area contributed by atoms with Crippen molar-refractivity contribution in [3.63, 3.8) is 0 Å². The summed E-state index contributed by atoms with van der Waals surface area (Å²) < 4.78 is 0. The molecule has 0 spiro atoms. The summed E-state index contributed by atoms with van der Waals surface area (Å²) in [5, 5.41) is 15.3. The number of rotatable bonds is 5. The summed E-state index contributed by atoms with van der Waals surface area (Å²) >= 11 is 0. The van der Waals surface area contributed by atoms with Crippen molar-refractivity contribution < 1.29 is 14.7 Å². The zero-order valence-corrected chi connectivity index (χ0v) is 11.8. The van der Waals surface area contributed by atoms with Gasteiger partial charge in [0.25, 0.3) is 0 Å². The highest BCUT2D eigenvalue weighted by Crippen LogP contribution is 2.48. The van der Waals surface area contributed by atoms with Gasteiger partial charge in [0.15, 0.2) is 0 Å². The van der Waals surface area contributed by atoms with Crippen molar-refractivity contribution in [3.05, 3.63) is 30.3 Å². The third-order valence-corrected chi connectivity index (χ3v) is 4.76. The van der Waals surface area contributed by atoms with Crippen molar-refractivity contribution in [1.82, 2.24) is 5.32 Å². The number of amides is 1. The molecular formula is C16H20N2O3. The van der Waals surface area contributed by atoms with Crippen molar-refractivity contribution in [2.24, 2.45) is 17.8 Å². The summed E-state index contributed by atoms with van der Waals surface area (Å²) in [6.07, 6.45) is 3.07. The van der Waals surface area contributed by atoms with E-state index in [1.54, 1.807) is 0 Å². The molecular weight excluding hydrogens is 268 g/mol. The predicted octanol–water partition coefficient (Wildman–Crippen LogP) is 1.71. The van der Waals surface area contributed by atoms with Crippen LogP contribution in [0.5, 0.6) is 0 Å². The Hall–Kier alpha value is -1.88. The number of hydrogen-bond donors (Lipinski definition) is 3. The first-order chi connectivity index (χ1) is 10.1. The van der Waals surface area contributed by atoms with E-state index in [2.05, 4.69) is 10.6 Å². The van der Waals surface area contributed by atoms with Gasteiger partial charge in [0, 0.05) is 11.7 Å². The lowest BCUT2D eigenvalue weighted by atomic mass is 9.84. The Labute approximate surface area is 123 Å². The standard InChI is InChI=1S/C16H20N2O3/c19-13(18-12-4-2-1-3-5-12)9-17-15-11-7-6-10(8-11)14(15)16(20)21/h1-5,10-11,14-15,17H,6-9H2,(H,18,19)(H,20,21). The van der Waals surface area contributed by atoms with Crippen LogP contribution in [0.25, 0.3) is 0 Å². The molecule has 0 heterocycles. The first-order valence-electron chi connectivity index (χ1n) is 7.46. The van der Waals surface area contributed by atoms with E-state index in [1.165, 1.54) is 0 Å². The van der Waals surface area contributed by atoms with E-state index >= 15 is 0 Å². The minimum absolute atomic E-state index is 0.0669. The van der Waals surface area contributed by atoms with Crippen LogP contribution in [0, 0.1) is 17.8 Å². The number of anilines is 1. The number of aliphatic carboxylic acids is 1. The molecule has 4 unspecified atom stereocenters. The molecule has 5 heteroatoms. The van der Waals surface area contributed by atoms with Crippen LogP contribution in [0.1, 0.15) is 19.3 Å². The quantitative estimate of drug-likeness (QED) is 0.771. The van der Waals surface area contributed by atoms with E-state index in [-0.39, 0.29) is 30.3 Å². The lowest BCUT2D eigenvalue weighted by Gasteiger charge is -2.28. The van der Waals surface area contributed by atoms with Crippen LogP contribution in [-0.2, 0) is 9.59 Å². The Balaban J connectivity index is 1.55.